The SMILES string of the molecule is BrCCCCOCC1COCCOCCOCCOCCOCCO1. The number of alkyl halides is 1. The summed E-state index contributed by atoms with van der Waals surface area (Å²) in [7, 11) is 0. The van der Waals surface area contributed by atoms with Gasteiger partial charge < -0.3 is 33.2 Å². The minimum Gasteiger partial charge on any atom is -0.379 e. The fraction of sp³-hybridized carbons (Fsp3) is 1.00. The molecule has 0 aliphatic carbocycles. The summed E-state index contributed by atoms with van der Waals surface area (Å²) in [6.07, 6.45) is 2.06. The summed E-state index contributed by atoms with van der Waals surface area (Å²) in [5.74, 6) is 0. The third kappa shape index (κ3) is 16.1. The van der Waals surface area contributed by atoms with Crippen LogP contribution in [0.25, 0.3) is 0 Å². The van der Waals surface area contributed by atoms with Crippen LogP contribution in [-0.4, -0.2) is 97.3 Å². The standard InChI is InChI=1S/C17H33BrO7/c18-3-1-2-4-23-15-17-16-24-12-11-21-8-7-19-5-6-20-9-10-22-13-14-25-17/h17H,1-16H2. The van der Waals surface area contributed by atoms with E-state index >= 15 is 0 Å². The third-order valence-electron chi connectivity index (χ3n) is 3.35. The van der Waals surface area contributed by atoms with Crippen molar-refractivity contribution in [2.75, 3.05) is 91.2 Å². The van der Waals surface area contributed by atoms with Gasteiger partial charge in [0.15, 0.2) is 0 Å². The molecule has 1 aliphatic heterocycles. The molecule has 1 unspecified atom stereocenters. The molecule has 0 saturated carbocycles. The number of unbranched alkanes of at least 4 members (excludes halogenated alkanes) is 1. The molecule has 0 aromatic carbocycles. The molecule has 1 saturated heterocycles. The van der Waals surface area contributed by atoms with Gasteiger partial charge in [-0.1, -0.05) is 15.9 Å². The minimum atomic E-state index is -0.0916. The summed E-state index contributed by atoms with van der Waals surface area (Å²) in [5.41, 5.74) is 0. The minimum absolute atomic E-state index is 0.0916. The molecule has 1 fully saturated rings. The molecular formula is C17H33BrO7. The van der Waals surface area contributed by atoms with Crippen molar-refractivity contribution < 1.29 is 33.2 Å². The van der Waals surface area contributed by atoms with Gasteiger partial charge in [-0.2, -0.15) is 0 Å². The van der Waals surface area contributed by atoms with E-state index in [1.807, 2.05) is 0 Å². The topological polar surface area (TPSA) is 64.6 Å². The predicted octanol–water partition coefficient (Wildman–Crippen LogP) is 1.66. The highest BCUT2D eigenvalue weighted by Crippen LogP contribution is 2.00. The zero-order valence-corrected chi connectivity index (χ0v) is 16.7. The lowest BCUT2D eigenvalue weighted by Crippen LogP contribution is -2.28. The quantitative estimate of drug-likeness (QED) is 0.470. The molecule has 0 aromatic rings. The lowest BCUT2D eigenvalue weighted by Gasteiger charge is -2.18. The maximum Gasteiger partial charge on any atom is 0.104 e. The molecule has 0 aromatic heterocycles. The van der Waals surface area contributed by atoms with Crippen molar-refractivity contribution in [3.05, 3.63) is 0 Å². The van der Waals surface area contributed by atoms with Crippen LogP contribution in [0.3, 0.4) is 0 Å². The Kier molecular flexibility index (Phi) is 17.6. The molecule has 0 radical (unpaired) electrons. The monoisotopic (exact) mass is 428 g/mol. The van der Waals surface area contributed by atoms with E-state index in [-0.39, 0.29) is 6.10 Å². The zero-order valence-electron chi connectivity index (χ0n) is 15.1. The van der Waals surface area contributed by atoms with Gasteiger partial charge in [-0.3, -0.25) is 0 Å². The number of rotatable bonds is 6. The van der Waals surface area contributed by atoms with Gasteiger partial charge in [0, 0.05) is 11.9 Å². The lowest BCUT2D eigenvalue weighted by molar-refractivity contribution is -0.0845. The Morgan fingerprint density at radius 1 is 0.680 bits per heavy atom. The van der Waals surface area contributed by atoms with Crippen molar-refractivity contribution in [3.8, 4) is 0 Å². The van der Waals surface area contributed by atoms with Crippen LogP contribution in [0, 0.1) is 0 Å². The second kappa shape index (κ2) is 19.0. The third-order valence-corrected chi connectivity index (χ3v) is 3.91. The first-order valence-corrected chi connectivity index (χ1v) is 10.2. The summed E-state index contributed by atoms with van der Waals surface area (Å²) < 4.78 is 38.9. The van der Waals surface area contributed by atoms with Gasteiger partial charge in [0.05, 0.1) is 79.3 Å². The van der Waals surface area contributed by atoms with Gasteiger partial charge >= 0.3 is 0 Å². The summed E-state index contributed by atoms with van der Waals surface area (Å²) in [6, 6.07) is 0. The van der Waals surface area contributed by atoms with E-state index in [4.69, 9.17) is 33.2 Å². The molecule has 1 rings (SSSR count). The molecule has 0 N–H and O–H groups in total. The van der Waals surface area contributed by atoms with Gasteiger partial charge in [-0.05, 0) is 12.8 Å². The highest BCUT2D eigenvalue weighted by Gasteiger charge is 2.10. The maximum atomic E-state index is 5.81. The molecule has 8 heteroatoms. The Bertz CT molecular complexity index is 253. The first kappa shape index (κ1) is 23.2. The molecule has 0 spiro atoms. The largest absolute Gasteiger partial charge is 0.379 e. The highest BCUT2D eigenvalue weighted by molar-refractivity contribution is 9.09. The second-order valence-electron chi connectivity index (χ2n) is 5.49. The van der Waals surface area contributed by atoms with Crippen LogP contribution >= 0.6 is 15.9 Å². The van der Waals surface area contributed by atoms with E-state index in [1.54, 1.807) is 0 Å². The summed E-state index contributed by atoms with van der Waals surface area (Å²) in [4.78, 5) is 0. The van der Waals surface area contributed by atoms with Crippen LogP contribution in [-0.2, 0) is 33.2 Å². The van der Waals surface area contributed by atoms with E-state index in [0.29, 0.717) is 79.3 Å². The Labute approximate surface area is 159 Å². The van der Waals surface area contributed by atoms with Gasteiger partial charge in [-0.25, -0.2) is 0 Å². The average Bonchev–Trinajstić information content (AvgIpc) is 2.62. The van der Waals surface area contributed by atoms with Crippen molar-refractivity contribution in [1.82, 2.24) is 0 Å². The van der Waals surface area contributed by atoms with Gasteiger partial charge in [-0.15, -0.1) is 0 Å². The maximum absolute atomic E-state index is 5.81. The summed E-state index contributed by atoms with van der Waals surface area (Å²) >= 11 is 3.42. The molecule has 0 amide bonds. The molecular weight excluding hydrogens is 396 g/mol. The number of ether oxygens (including phenoxy) is 7. The summed E-state index contributed by atoms with van der Waals surface area (Å²) in [6.45, 7) is 7.24. The van der Waals surface area contributed by atoms with Crippen LogP contribution < -0.4 is 0 Å². The van der Waals surface area contributed by atoms with Crippen molar-refractivity contribution in [2.45, 2.75) is 18.9 Å². The fourth-order valence-electron chi connectivity index (χ4n) is 2.03. The Morgan fingerprint density at radius 3 is 1.76 bits per heavy atom. The molecule has 1 atom stereocenters. The Hall–Kier alpha value is 0.200. The van der Waals surface area contributed by atoms with Crippen LogP contribution in [0.2, 0.25) is 0 Å². The van der Waals surface area contributed by atoms with Gasteiger partial charge in [0.1, 0.15) is 6.10 Å². The van der Waals surface area contributed by atoms with Crippen LogP contribution in [0.15, 0.2) is 0 Å². The molecule has 25 heavy (non-hydrogen) atoms. The lowest BCUT2D eigenvalue weighted by atomic mass is 10.3. The Morgan fingerprint density at radius 2 is 1.20 bits per heavy atom. The van der Waals surface area contributed by atoms with Crippen molar-refractivity contribution >= 4 is 15.9 Å². The van der Waals surface area contributed by atoms with E-state index in [1.165, 1.54) is 0 Å². The van der Waals surface area contributed by atoms with Crippen LogP contribution in [0.4, 0.5) is 0 Å². The number of halogens is 1. The predicted molar refractivity (Wildman–Crippen MR) is 97.7 cm³/mol. The molecule has 7 nitrogen and oxygen atoms in total. The zero-order chi connectivity index (χ0) is 17.8. The summed E-state index contributed by atoms with van der Waals surface area (Å²) in [5, 5.41) is 1.01. The first-order valence-electron chi connectivity index (χ1n) is 9.07. The van der Waals surface area contributed by atoms with E-state index in [2.05, 4.69) is 15.9 Å². The molecule has 0 bridgehead atoms. The van der Waals surface area contributed by atoms with Crippen LogP contribution in [0.1, 0.15) is 12.8 Å². The molecule has 1 aliphatic rings. The van der Waals surface area contributed by atoms with Crippen molar-refractivity contribution in [2.24, 2.45) is 0 Å². The highest BCUT2D eigenvalue weighted by atomic mass is 79.9. The average molecular weight is 429 g/mol. The normalized spacial score (nSPS) is 23.6. The number of hydrogen-bond donors (Lipinski definition) is 0. The number of hydrogen-bond acceptors (Lipinski definition) is 7. The van der Waals surface area contributed by atoms with E-state index in [0.717, 1.165) is 24.8 Å². The molecule has 1 heterocycles. The second-order valence-corrected chi connectivity index (χ2v) is 6.28. The smallest absolute Gasteiger partial charge is 0.104 e. The first-order chi connectivity index (χ1) is 12.4. The van der Waals surface area contributed by atoms with E-state index in [9.17, 15) is 0 Å². The fourth-order valence-corrected chi connectivity index (χ4v) is 2.42. The molecule has 150 valence electrons. The van der Waals surface area contributed by atoms with Crippen molar-refractivity contribution in [1.29, 1.82) is 0 Å². The van der Waals surface area contributed by atoms with Crippen molar-refractivity contribution in [3.63, 3.8) is 0 Å². The van der Waals surface area contributed by atoms with Crippen LogP contribution in [0.5, 0.6) is 0 Å². The van der Waals surface area contributed by atoms with Gasteiger partial charge in [0.25, 0.3) is 0 Å². The van der Waals surface area contributed by atoms with Gasteiger partial charge in [0.2, 0.25) is 0 Å². The van der Waals surface area contributed by atoms with E-state index < -0.39 is 0 Å². The Balaban J connectivity index is 2.20.